The molecule has 1 N–H and O–H groups in total. The van der Waals surface area contributed by atoms with Crippen molar-refractivity contribution >= 4 is 6.29 Å². The van der Waals surface area contributed by atoms with Crippen LogP contribution in [0.2, 0.25) is 0 Å². The molecule has 0 aromatic rings. The summed E-state index contributed by atoms with van der Waals surface area (Å²) in [6.45, 7) is 3.69. The van der Waals surface area contributed by atoms with Gasteiger partial charge in [0.1, 0.15) is 6.29 Å². The van der Waals surface area contributed by atoms with Crippen molar-refractivity contribution in [2.45, 2.75) is 58.0 Å². The molecule has 1 aliphatic carbocycles. The van der Waals surface area contributed by atoms with E-state index in [1.807, 2.05) is 13.8 Å². The van der Waals surface area contributed by atoms with Crippen molar-refractivity contribution in [3.63, 3.8) is 0 Å². The highest BCUT2D eigenvalue weighted by atomic mass is 16.3. The number of hydrogen-bond acceptors (Lipinski definition) is 2. The van der Waals surface area contributed by atoms with Crippen molar-refractivity contribution < 1.29 is 9.90 Å². The Morgan fingerprint density at radius 1 is 1.60 bits per heavy atom. The molecule has 0 bridgehead atoms. The molecule has 2 nitrogen and oxygen atoms in total. The molecule has 0 aromatic carbocycles. The predicted molar refractivity (Wildman–Crippen MR) is 61.6 cm³/mol. The van der Waals surface area contributed by atoms with E-state index in [9.17, 15) is 9.90 Å². The van der Waals surface area contributed by atoms with Crippen LogP contribution in [-0.2, 0) is 4.79 Å². The predicted octanol–water partition coefficient (Wildman–Crippen LogP) is 2.85. The van der Waals surface area contributed by atoms with Crippen molar-refractivity contribution in [3.05, 3.63) is 11.6 Å². The number of carbonyl (C=O) groups excluding carboxylic acids is 1. The smallest absolute Gasteiger partial charge is 0.123 e. The third-order valence-electron chi connectivity index (χ3n) is 2.97. The summed E-state index contributed by atoms with van der Waals surface area (Å²) in [5.74, 6) is 0.243. The van der Waals surface area contributed by atoms with Gasteiger partial charge in [-0.25, -0.2) is 0 Å². The summed E-state index contributed by atoms with van der Waals surface area (Å²) in [5, 5.41) is 9.57. The van der Waals surface area contributed by atoms with E-state index in [4.69, 9.17) is 0 Å². The lowest BCUT2D eigenvalue weighted by Crippen LogP contribution is -2.18. The van der Waals surface area contributed by atoms with Crippen LogP contribution < -0.4 is 0 Å². The maximum atomic E-state index is 10.7. The molecule has 1 aliphatic rings. The summed E-state index contributed by atoms with van der Waals surface area (Å²) in [6.07, 6.45) is 9.23. The van der Waals surface area contributed by atoms with Gasteiger partial charge in [0.2, 0.25) is 0 Å². The third kappa shape index (κ3) is 5.12. The van der Waals surface area contributed by atoms with Gasteiger partial charge in [0.05, 0.1) is 5.60 Å². The molecule has 0 saturated heterocycles. The maximum absolute atomic E-state index is 10.7. The molecule has 0 spiro atoms. The minimum absolute atomic E-state index is 0.243. The lowest BCUT2D eigenvalue weighted by molar-refractivity contribution is -0.111. The minimum atomic E-state index is -0.556. The SMILES string of the molecule is CC(C)(O)CCCC1=CCC[C@H](C=O)C1. The molecule has 0 aromatic heterocycles. The second kappa shape index (κ2) is 5.45. The minimum Gasteiger partial charge on any atom is -0.390 e. The van der Waals surface area contributed by atoms with E-state index in [1.54, 1.807) is 0 Å². The highest BCUT2D eigenvalue weighted by Crippen LogP contribution is 2.26. The van der Waals surface area contributed by atoms with Gasteiger partial charge in [-0.3, -0.25) is 0 Å². The second-order valence-corrected chi connectivity index (χ2v) is 5.21. The van der Waals surface area contributed by atoms with Gasteiger partial charge in [-0.2, -0.15) is 0 Å². The van der Waals surface area contributed by atoms with Crippen LogP contribution in [0.3, 0.4) is 0 Å². The van der Waals surface area contributed by atoms with E-state index in [1.165, 1.54) is 5.57 Å². The van der Waals surface area contributed by atoms with E-state index in [0.29, 0.717) is 0 Å². The van der Waals surface area contributed by atoms with Crippen molar-refractivity contribution in [2.24, 2.45) is 5.92 Å². The molecule has 1 atom stereocenters. The Morgan fingerprint density at radius 3 is 2.93 bits per heavy atom. The van der Waals surface area contributed by atoms with Gasteiger partial charge < -0.3 is 9.90 Å². The number of rotatable bonds is 5. The Labute approximate surface area is 92.4 Å². The molecular formula is C13H22O2. The average Bonchev–Trinajstić information content (AvgIpc) is 2.16. The van der Waals surface area contributed by atoms with Crippen LogP contribution >= 0.6 is 0 Å². The van der Waals surface area contributed by atoms with Gasteiger partial charge in [0.15, 0.2) is 0 Å². The van der Waals surface area contributed by atoms with Crippen molar-refractivity contribution in [2.75, 3.05) is 0 Å². The van der Waals surface area contributed by atoms with Crippen LogP contribution in [0.4, 0.5) is 0 Å². The molecule has 0 aliphatic heterocycles. The first-order valence-corrected chi connectivity index (χ1v) is 5.87. The van der Waals surface area contributed by atoms with Gasteiger partial charge >= 0.3 is 0 Å². The Morgan fingerprint density at radius 2 is 2.33 bits per heavy atom. The van der Waals surface area contributed by atoms with Crippen molar-refractivity contribution in [1.82, 2.24) is 0 Å². The molecule has 0 heterocycles. The quantitative estimate of drug-likeness (QED) is 0.559. The van der Waals surface area contributed by atoms with Crippen LogP contribution in [0, 0.1) is 5.92 Å². The maximum Gasteiger partial charge on any atom is 0.123 e. The van der Waals surface area contributed by atoms with Crippen LogP contribution in [0.5, 0.6) is 0 Å². The van der Waals surface area contributed by atoms with E-state index in [0.717, 1.165) is 44.8 Å². The number of aliphatic hydroxyl groups is 1. The first-order valence-electron chi connectivity index (χ1n) is 5.87. The summed E-state index contributed by atoms with van der Waals surface area (Å²) in [5.41, 5.74) is 0.849. The monoisotopic (exact) mass is 210 g/mol. The van der Waals surface area contributed by atoms with Crippen LogP contribution in [0.15, 0.2) is 11.6 Å². The molecule has 0 radical (unpaired) electrons. The number of aldehydes is 1. The molecule has 0 amide bonds. The van der Waals surface area contributed by atoms with Crippen molar-refractivity contribution in [3.8, 4) is 0 Å². The molecular weight excluding hydrogens is 188 g/mol. The summed E-state index contributed by atoms with van der Waals surface area (Å²) >= 11 is 0. The van der Waals surface area contributed by atoms with Crippen LogP contribution in [-0.4, -0.2) is 17.0 Å². The van der Waals surface area contributed by atoms with Gasteiger partial charge in [0, 0.05) is 5.92 Å². The van der Waals surface area contributed by atoms with E-state index in [-0.39, 0.29) is 5.92 Å². The van der Waals surface area contributed by atoms with Crippen LogP contribution in [0.25, 0.3) is 0 Å². The summed E-state index contributed by atoms with van der Waals surface area (Å²) in [4.78, 5) is 10.7. The number of hydrogen-bond donors (Lipinski definition) is 1. The zero-order valence-corrected chi connectivity index (χ0v) is 9.83. The van der Waals surface area contributed by atoms with Crippen molar-refractivity contribution in [1.29, 1.82) is 0 Å². The molecule has 2 heteroatoms. The topological polar surface area (TPSA) is 37.3 Å². The van der Waals surface area contributed by atoms with Gasteiger partial charge in [-0.15, -0.1) is 0 Å². The van der Waals surface area contributed by atoms with E-state index in [2.05, 4.69) is 6.08 Å². The molecule has 0 unspecified atom stereocenters. The van der Waals surface area contributed by atoms with Gasteiger partial charge in [-0.05, 0) is 52.4 Å². The zero-order valence-electron chi connectivity index (χ0n) is 9.83. The highest BCUT2D eigenvalue weighted by molar-refractivity contribution is 5.54. The fourth-order valence-electron chi connectivity index (χ4n) is 2.09. The molecule has 1 rings (SSSR count). The molecule has 0 fully saturated rings. The Kier molecular flexibility index (Phi) is 4.52. The Bertz CT molecular complexity index is 235. The van der Waals surface area contributed by atoms with E-state index < -0.39 is 5.60 Å². The Balaban J connectivity index is 2.27. The fourth-order valence-corrected chi connectivity index (χ4v) is 2.09. The third-order valence-corrected chi connectivity index (χ3v) is 2.97. The molecule has 86 valence electrons. The fraction of sp³-hybridized carbons (Fsp3) is 0.769. The van der Waals surface area contributed by atoms with E-state index >= 15 is 0 Å². The lowest BCUT2D eigenvalue weighted by atomic mass is 9.87. The first-order chi connectivity index (χ1) is 7.01. The number of allylic oxidation sites excluding steroid dienone is 2. The normalized spacial score (nSPS) is 22.3. The highest BCUT2D eigenvalue weighted by Gasteiger charge is 2.16. The second-order valence-electron chi connectivity index (χ2n) is 5.21. The van der Waals surface area contributed by atoms with Gasteiger partial charge in [0.25, 0.3) is 0 Å². The average molecular weight is 210 g/mol. The lowest BCUT2D eigenvalue weighted by Gasteiger charge is -2.20. The zero-order chi connectivity index (χ0) is 11.3. The van der Waals surface area contributed by atoms with Gasteiger partial charge in [-0.1, -0.05) is 11.6 Å². The largest absolute Gasteiger partial charge is 0.390 e. The Hall–Kier alpha value is -0.630. The molecule has 0 saturated carbocycles. The van der Waals surface area contributed by atoms with Crippen LogP contribution in [0.1, 0.15) is 52.4 Å². The molecule has 15 heavy (non-hydrogen) atoms. The summed E-state index contributed by atoms with van der Waals surface area (Å²) < 4.78 is 0. The summed E-state index contributed by atoms with van der Waals surface area (Å²) in [6, 6.07) is 0. The first kappa shape index (κ1) is 12.4. The summed E-state index contributed by atoms with van der Waals surface area (Å²) in [7, 11) is 0. The standard InChI is InChI=1S/C13H22O2/c1-13(2,15)8-4-7-11-5-3-6-12(9-11)10-14/h5,10,12,15H,3-4,6-9H2,1-2H3/t12-/m0/s1. The number of carbonyl (C=O) groups is 1.